The number of hydrogen-bond donors (Lipinski definition) is 1. The van der Waals surface area contributed by atoms with Gasteiger partial charge >= 0.3 is 0 Å². The van der Waals surface area contributed by atoms with Crippen molar-refractivity contribution >= 4 is 5.91 Å². The lowest BCUT2D eigenvalue weighted by atomic mass is 10.2. The number of nitrogens with zero attached hydrogens (tertiary/aromatic N) is 1. The van der Waals surface area contributed by atoms with Crippen LogP contribution >= 0.6 is 0 Å². The second-order valence-electron chi connectivity index (χ2n) is 3.45. The second kappa shape index (κ2) is 7.01. The van der Waals surface area contributed by atoms with Gasteiger partial charge in [0.1, 0.15) is 0 Å². The summed E-state index contributed by atoms with van der Waals surface area (Å²) in [6, 6.07) is 8.78. The second-order valence-corrected chi connectivity index (χ2v) is 3.45. The van der Waals surface area contributed by atoms with Crippen LogP contribution in [0.4, 0.5) is 0 Å². The zero-order valence-electron chi connectivity index (χ0n) is 10.00. The summed E-state index contributed by atoms with van der Waals surface area (Å²) in [7, 11) is 0. The Labute approximate surface area is 105 Å². The molecule has 1 aromatic carbocycles. The molecular weight excluding hydrogens is 232 g/mol. The van der Waals surface area contributed by atoms with Crippen molar-refractivity contribution in [1.82, 2.24) is 5.32 Å². The zero-order valence-corrected chi connectivity index (χ0v) is 10.00. The van der Waals surface area contributed by atoms with Crippen LogP contribution in [0.25, 0.3) is 0 Å². The van der Waals surface area contributed by atoms with Crippen LogP contribution in [-0.2, 0) is 0 Å². The van der Waals surface area contributed by atoms with Crippen molar-refractivity contribution in [3.8, 4) is 0 Å². The number of rotatable bonds is 5. The van der Waals surface area contributed by atoms with Crippen molar-refractivity contribution in [2.45, 2.75) is 6.92 Å². The lowest BCUT2D eigenvalue weighted by Gasteiger charge is -2.01. The van der Waals surface area contributed by atoms with Gasteiger partial charge in [-0.1, -0.05) is 24.3 Å². The Kier molecular flexibility index (Phi) is 5.31. The molecule has 0 aliphatic heterocycles. The van der Waals surface area contributed by atoms with E-state index >= 15 is 0 Å². The Morgan fingerprint density at radius 2 is 2.06 bits per heavy atom. The number of carbonyl (C=O) groups excluding carboxylic acids is 1. The maximum Gasteiger partial charge on any atom is 0.264 e. The Morgan fingerprint density at radius 3 is 2.61 bits per heavy atom. The molecule has 1 N–H and O–H groups in total. The molecule has 0 bridgehead atoms. The van der Waals surface area contributed by atoms with Crippen molar-refractivity contribution in [1.29, 1.82) is 0 Å². The normalized spacial score (nSPS) is 11.5. The van der Waals surface area contributed by atoms with Gasteiger partial charge in [-0.2, -0.15) is 0 Å². The van der Waals surface area contributed by atoms with E-state index in [9.17, 15) is 14.9 Å². The van der Waals surface area contributed by atoms with Crippen LogP contribution < -0.4 is 5.32 Å². The first-order chi connectivity index (χ1) is 8.65. The maximum atomic E-state index is 11.6. The topological polar surface area (TPSA) is 72.2 Å². The third kappa shape index (κ3) is 4.21. The summed E-state index contributed by atoms with van der Waals surface area (Å²) >= 11 is 0. The van der Waals surface area contributed by atoms with Gasteiger partial charge in [-0.05, 0) is 25.1 Å². The van der Waals surface area contributed by atoms with E-state index in [1.807, 2.05) is 6.07 Å². The van der Waals surface area contributed by atoms with Gasteiger partial charge in [0, 0.05) is 18.2 Å². The molecule has 0 aliphatic rings. The molecule has 0 atom stereocenters. The van der Waals surface area contributed by atoms with Crippen molar-refractivity contribution < 1.29 is 9.72 Å². The monoisotopic (exact) mass is 246 g/mol. The van der Waals surface area contributed by atoms with E-state index in [0.29, 0.717) is 5.56 Å². The number of hydrogen-bond acceptors (Lipinski definition) is 3. The highest BCUT2D eigenvalue weighted by molar-refractivity contribution is 5.94. The average molecular weight is 246 g/mol. The third-order valence-corrected chi connectivity index (χ3v) is 2.21. The first-order valence-corrected chi connectivity index (χ1v) is 5.45. The fourth-order valence-corrected chi connectivity index (χ4v) is 1.29. The van der Waals surface area contributed by atoms with Gasteiger partial charge in [0.25, 0.3) is 11.6 Å². The first kappa shape index (κ1) is 13.6. The number of amides is 1. The molecule has 1 amide bonds. The van der Waals surface area contributed by atoms with Gasteiger partial charge in [-0.3, -0.25) is 14.9 Å². The van der Waals surface area contributed by atoms with Gasteiger partial charge in [-0.15, -0.1) is 0 Å². The molecule has 5 nitrogen and oxygen atoms in total. The SMILES string of the molecule is C/C=C(\C=C/CNC(=O)c1ccccc1)[N+](=O)[O-]. The summed E-state index contributed by atoms with van der Waals surface area (Å²) in [4.78, 5) is 21.6. The van der Waals surface area contributed by atoms with Crippen LogP contribution in [-0.4, -0.2) is 17.4 Å². The minimum atomic E-state index is -0.477. The summed E-state index contributed by atoms with van der Waals surface area (Å²) < 4.78 is 0. The van der Waals surface area contributed by atoms with Crippen molar-refractivity contribution in [3.63, 3.8) is 0 Å². The molecule has 0 aromatic heterocycles. The van der Waals surface area contributed by atoms with E-state index in [4.69, 9.17) is 0 Å². The van der Waals surface area contributed by atoms with Gasteiger partial charge in [0.05, 0.1) is 4.92 Å². The lowest BCUT2D eigenvalue weighted by molar-refractivity contribution is -0.419. The Bertz CT molecular complexity index is 478. The minimum Gasteiger partial charge on any atom is -0.349 e. The predicted molar refractivity (Wildman–Crippen MR) is 68.7 cm³/mol. The number of allylic oxidation sites excluding steroid dienone is 2. The van der Waals surface area contributed by atoms with Crippen molar-refractivity contribution in [3.05, 3.63) is 69.9 Å². The molecule has 0 saturated heterocycles. The highest BCUT2D eigenvalue weighted by atomic mass is 16.6. The van der Waals surface area contributed by atoms with Crippen molar-refractivity contribution in [2.75, 3.05) is 6.54 Å². The fraction of sp³-hybridized carbons (Fsp3) is 0.154. The largest absolute Gasteiger partial charge is 0.349 e. The molecule has 18 heavy (non-hydrogen) atoms. The molecule has 0 spiro atoms. The maximum absolute atomic E-state index is 11.6. The number of carbonyl (C=O) groups is 1. The molecule has 0 unspecified atom stereocenters. The van der Waals surface area contributed by atoms with Crippen LogP contribution in [0, 0.1) is 10.1 Å². The van der Waals surface area contributed by atoms with Crippen LogP contribution in [0.1, 0.15) is 17.3 Å². The molecule has 1 aromatic rings. The fourth-order valence-electron chi connectivity index (χ4n) is 1.29. The van der Waals surface area contributed by atoms with Crippen LogP contribution in [0.15, 0.2) is 54.3 Å². The van der Waals surface area contributed by atoms with Gasteiger partial charge < -0.3 is 5.32 Å². The van der Waals surface area contributed by atoms with E-state index in [1.165, 1.54) is 12.2 Å². The van der Waals surface area contributed by atoms with Gasteiger partial charge in [-0.25, -0.2) is 0 Å². The van der Waals surface area contributed by atoms with E-state index in [0.717, 1.165) is 0 Å². The standard InChI is InChI=1S/C13H14N2O3/c1-2-12(15(17)18)9-6-10-14-13(16)11-7-4-3-5-8-11/h2-9H,10H2,1H3,(H,14,16)/b9-6-,12-2+. The molecule has 1 rings (SSSR count). The number of benzene rings is 1. The highest BCUT2D eigenvalue weighted by Gasteiger charge is 2.03. The van der Waals surface area contributed by atoms with Crippen LogP contribution in [0.3, 0.4) is 0 Å². The van der Waals surface area contributed by atoms with Crippen LogP contribution in [0.2, 0.25) is 0 Å². The third-order valence-electron chi connectivity index (χ3n) is 2.21. The molecule has 5 heteroatoms. The molecular formula is C13H14N2O3. The Hall–Kier alpha value is -2.43. The Morgan fingerprint density at radius 1 is 1.39 bits per heavy atom. The van der Waals surface area contributed by atoms with E-state index in [1.54, 1.807) is 37.3 Å². The predicted octanol–water partition coefficient (Wildman–Crippen LogP) is 2.15. The first-order valence-electron chi connectivity index (χ1n) is 5.45. The summed E-state index contributed by atoms with van der Waals surface area (Å²) in [6.07, 6.45) is 4.31. The zero-order chi connectivity index (χ0) is 13.4. The minimum absolute atomic E-state index is 0.00367. The van der Waals surface area contributed by atoms with Gasteiger partial charge in [0.2, 0.25) is 0 Å². The van der Waals surface area contributed by atoms with Crippen LogP contribution in [0.5, 0.6) is 0 Å². The summed E-state index contributed by atoms with van der Waals surface area (Å²) in [5, 5.41) is 13.1. The molecule has 0 radical (unpaired) electrons. The number of nitrogens with one attached hydrogen (secondary N) is 1. The molecule has 0 saturated carbocycles. The summed E-state index contributed by atoms with van der Waals surface area (Å²) in [6.45, 7) is 1.84. The molecule has 0 heterocycles. The molecule has 0 fully saturated rings. The van der Waals surface area contributed by atoms with E-state index in [-0.39, 0.29) is 18.1 Å². The van der Waals surface area contributed by atoms with E-state index < -0.39 is 4.92 Å². The smallest absolute Gasteiger partial charge is 0.264 e. The van der Waals surface area contributed by atoms with Crippen molar-refractivity contribution in [2.24, 2.45) is 0 Å². The quantitative estimate of drug-likeness (QED) is 0.491. The average Bonchev–Trinajstić information content (AvgIpc) is 2.39. The lowest BCUT2D eigenvalue weighted by Crippen LogP contribution is -2.23. The number of nitro groups is 1. The molecule has 0 aliphatic carbocycles. The van der Waals surface area contributed by atoms with Gasteiger partial charge in [0.15, 0.2) is 0 Å². The summed E-state index contributed by atoms with van der Waals surface area (Å²) in [5.41, 5.74) is 0.565. The Balaban J connectivity index is 2.46. The van der Waals surface area contributed by atoms with E-state index in [2.05, 4.69) is 5.32 Å². The highest BCUT2D eigenvalue weighted by Crippen LogP contribution is 1.98. The molecule has 94 valence electrons. The summed E-state index contributed by atoms with van der Waals surface area (Å²) in [5.74, 6) is -0.205.